The minimum atomic E-state index is -0.177. The molecule has 1 aliphatic rings. The number of benzene rings is 1. The third-order valence-electron chi connectivity index (χ3n) is 2.89. The summed E-state index contributed by atoms with van der Waals surface area (Å²) in [6.45, 7) is 1.92. The number of halogens is 1. The Hall–Kier alpha value is -1.75. The van der Waals surface area contributed by atoms with Crippen LogP contribution in [0.2, 0.25) is 0 Å². The number of carbonyl (C=O) groups is 2. The first-order valence-corrected chi connectivity index (χ1v) is 6.35. The topological polar surface area (TPSA) is 58.6 Å². The summed E-state index contributed by atoms with van der Waals surface area (Å²) in [6, 6.07) is 5.20. The number of hydrogen-bond donors (Lipinski definition) is 1. The van der Waals surface area contributed by atoms with Gasteiger partial charge in [0, 0.05) is 31.6 Å². The SMILES string of the molecule is COc1cc(N2CC(Cl)CC2=O)ccc1NC(C)=O. The van der Waals surface area contributed by atoms with Crippen LogP contribution in [0, 0.1) is 0 Å². The Kier molecular flexibility index (Phi) is 3.95. The molecule has 1 aliphatic heterocycles. The van der Waals surface area contributed by atoms with Crippen molar-refractivity contribution in [1.29, 1.82) is 0 Å². The lowest BCUT2D eigenvalue weighted by atomic mass is 10.2. The van der Waals surface area contributed by atoms with Crippen LogP contribution in [0.3, 0.4) is 0 Å². The van der Waals surface area contributed by atoms with Gasteiger partial charge in [-0.05, 0) is 12.1 Å². The van der Waals surface area contributed by atoms with Crippen molar-refractivity contribution < 1.29 is 14.3 Å². The summed E-state index contributed by atoms with van der Waals surface area (Å²) in [4.78, 5) is 24.5. The number of anilines is 2. The van der Waals surface area contributed by atoms with Crippen LogP contribution >= 0.6 is 11.6 Å². The fraction of sp³-hybridized carbons (Fsp3) is 0.385. The highest BCUT2D eigenvalue weighted by Gasteiger charge is 2.29. The molecule has 102 valence electrons. The van der Waals surface area contributed by atoms with Gasteiger partial charge >= 0.3 is 0 Å². The molecule has 6 heteroatoms. The number of methoxy groups -OCH3 is 1. The highest BCUT2D eigenvalue weighted by Crippen LogP contribution is 2.32. The molecule has 1 aromatic rings. The van der Waals surface area contributed by atoms with Gasteiger partial charge in [0.05, 0.1) is 18.2 Å². The molecule has 1 fully saturated rings. The normalized spacial score (nSPS) is 18.6. The maximum absolute atomic E-state index is 11.8. The van der Waals surface area contributed by atoms with Gasteiger partial charge in [0.15, 0.2) is 0 Å². The molecule has 2 rings (SSSR count). The summed E-state index contributed by atoms with van der Waals surface area (Å²) >= 11 is 5.97. The monoisotopic (exact) mass is 282 g/mol. The Balaban J connectivity index is 2.28. The van der Waals surface area contributed by atoms with Gasteiger partial charge in [-0.2, -0.15) is 0 Å². The Labute approximate surface area is 116 Å². The second-order valence-corrected chi connectivity index (χ2v) is 4.99. The molecule has 0 bridgehead atoms. The number of nitrogens with one attached hydrogen (secondary N) is 1. The molecule has 0 aliphatic carbocycles. The molecule has 1 atom stereocenters. The molecule has 0 radical (unpaired) electrons. The van der Waals surface area contributed by atoms with E-state index in [1.165, 1.54) is 14.0 Å². The number of amides is 2. The summed E-state index contributed by atoms with van der Waals surface area (Å²) in [6.07, 6.45) is 0.345. The Morgan fingerprint density at radius 1 is 1.53 bits per heavy atom. The molecule has 1 aromatic carbocycles. The number of ether oxygens (including phenoxy) is 1. The van der Waals surface area contributed by atoms with E-state index < -0.39 is 0 Å². The van der Waals surface area contributed by atoms with Crippen LogP contribution in [0.1, 0.15) is 13.3 Å². The molecule has 2 amide bonds. The van der Waals surface area contributed by atoms with E-state index in [0.29, 0.717) is 24.4 Å². The second-order valence-electron chi connectivity index (χ2n) is 4.37. The van der Waals surface area contributed by atoms with Gasteiger partial charge in [0.1, 0.15) is 5.75 Å². The zero-order valence-electron chi connectivity index (χ0n) is 10.8. The number of hydrogen-bond acceptors (Lipinski definition) is 3. The molecule has 5 nitrogen and oxygen atoms in total. The van der Waals surface area contributed by atoms with E-state index >= 15 is 0 Å². The second kappa shape index (κ2) is 5.48. The molecular weight excluding hydrogens is 268 g/mol. The van der Waals surface area contributed by atoms with Gasteiger partial charge in [0.25, 0.3) is 0 Å². The van der Waals surface area contributed by atoms with Gasteiger partial charge in [-0.3, -0.25) is 9.59 Å². The van der Waals surface area contributed by atoms with Crippen molar-refractivity contribution in [3.8, 4) is 5.75 Å². The number of alkyl halides is 1. The lowest BCUT2D eigenvalue weighted by Gasteiger charge is -2.18. The van der Waals surface area contributed by atoms with Gasteiger partial charge < -0.3 is 15.0 Å². The van der Waals surface area contributed by atoms with Crippen molar-refractivity contribution >= 4 is 34.8 Å². The van der Waals surface area contributed by atoms with E-state index in [4.69, 9.17) is 16.3 Å². The Morgan fingerprint density at radius 2 is 2.26 bits per heavy atom. The average Bonchev–Trinajstić information content (AvgIpc) is 2.68. The first-order chi connectivity index (χ1) is 9.01. The average molecular weight is 283 g/mol. The smallest absolute Gasteiger partial charge is 0.228 e. The highest BCUT2D eigenvalue weighted by atomic mass is 35.5. The van der Waals surface area contributed by atoms with Crippen LogP contribution in [0.15, 0.2) is 18.2 Å². The van der Waals surface area contributed by atoms with Crippen LogP contribution in [-0.4, -0.2) is 30.8 Å². The van der Waals surface area contributed by atoms with E-state index in [0.717, 1.165) is 5.69 Å². The van der Waals surface area contributed by atoms with Crippen LogP contribution in [0.4, 0.5) is 11.4 Å². The largest absolute Gasteiger partial charge is 0.494 e. The predicted molar refractivity (Wildman–Crippen MR) is 73.9 cm³/mol. The minimum Gasteiger partial charge on any atom is -0.494 e. The van der Waals surface area contributed by atoms with Crippen molar-refractivity contribution in [3.05, 3.63) is 18.2 Å². The summed E-state index contributed by atoms with van der Waals surface area (Å²) in [5.41, 5.74) is 1.30. The van der Waals surface area contributed by atoms with Crippen molar-refractivity contribution in [3.63, 3.8) is 0 Å². The van der Waals surface area contributed by atoms with E-state index in [1.807, 2.05) is 0 Å². The maximum Gasteiger partial charge on any atom is 0.228 e. The van der Waals surface area contributed by atoms with E-state index in [-0.39, 0.29) is 17.2 Å². The summed E-state index contributed by atoms with van der Waals surface area (Å²) < 4.78 is 5.22. The first kappa shape index (κ1) is 13.7. The Morgan fingerprint density at radius 3 is 2.79 bits per heavy atom. The van der Waals surface area contributed by atoms with Crippen LogP contribution in [-0.2, 0) is 9.59 Å². The summed E-state index contributed by atoms with van der Waals surface area (Å²) in [5.74, 6) is 0.331. The van der Waals surface area contributed by atoms with Crippen LogP contribution < -0.4 is 15.0 Å². The first-order valence-electron chi connectivity index (χ1n) is 5.91. The minimum absolute atomic E-state index is 0.00525. The lowest BCUT2D eigenvalue weighted by Crippen LogP contribution is -2.24. The van der Waals surface area contributed by atoms with Crippen molar-refractivity contribution in [1.82, 2.24) is 0 Å². The number of nitrogens with zero attached hydrogens (tertiary/aromatic N) is 1. The van der Waals surface area contributed by atoms with Gasteiger partial charge in [0.2, 0.25) is 11.8 Å². The van der Waals surface area contributed by atoms with Crippen molar-refractivity contribution in [2.75, 3.05) is 23.9 Å². The molecule has 1 N–H and O–H groups in total. The number of carbonyl (C=O) groups excluding carboxylic acids is 2. The molecule has 0 saturated carbocycles. The zero-order valence-corrected chi connectivity index (χ0v) is 11.5. The Bertz CT molecular complexity index is 519. The molecule has 1 unspecified atom stereocenters. The standard InChI is InChI=1S/C13H15ClN2O3/c1-8(17)15-11-4-3-10(6-12(11)19-2)16-7-9(14)5-13(16)18/h3-4,6,9H,5,7H2,1-2H3,(H,15,17). The third-order valence-corrected chi connectivity index (χ3v) is 3.18. The summed E-state index contributed by atoms with van der Waals surface area (Å²) in [7, 11) is 1.51. The van der Waals surface area contributed by atoms with Crippen molar-refractivity contribution in [2.45, 2.75) is 18.7 Å². The lowest BCUT2D eigenvalue weighted by molar-refractivity contribution is -0.117. The molecule has 0 aromatic heterocycles. The maximum atomic E-state index is 11.8. The summed E-state index contributed by atoms with van der Waals surface area (Å²) in [5, 5.41) is 2.51. The fourth-order valence-electron chi connectivity index (χ4n) is 2.05. The molecular formula is C13H15ClN2O3. The van der Waals surface area contributed by atoms with Gasteiger partial charge in [-0.15, -0.1) is 11.6 Å². The van der Waals surface area contributed by atoms with Crippen molar-refractivity contribution in [2.24, 2.45) is 0 Å². The quantitative estimate of drug-likeness (QED) is 0.863. The zero-order chi connectivity index (χ0) is 14.0. The highest BCUT2D eigenvalue weighted by molar-refractivity contribution is 6.24. The molecule has 1 heterocycles. The molecule has 19 heavy (non-hydrogen) atoms. The van der Waals surface area contributed by atoms with Gasteiger partial charge in [-0.25, -0.2) is 0 Å². The molecule has 1 saturated heterocycles. The van der Waals surface area contributed by atoms with E-state index in [9.17, 15) is 9.59 Å². The van der Waals surface area contributed by atoms with Gasteiger partial charge in [-0.1, -0.05) is 0 Å². The third kappa shape index (κ3) is 2.98. The van der Waals surface area contributed by atoms with Crippen LogP contribution in [0.25, 0.3) is 0 Å². The predicted octanol–water partition coefficient (Wildman–Crippen LogP) is 2.00. The fourth-order valence-corrected chi connectivity index (χ4v) is 2.32. The van der Waals surface area contributed by atoms with E-state index in [1.54, 1.807) is 23.1 Å². The molecule has 0 spiro atoms. The van der Waals surface area contributed by atoms with Crippen LogP contribution in [0.5, 0.6) is 5.75 Å². The number of rotatable bonds is 3. The van der Waals surface area contributed by atoms with E-state index in [2.05, 4.69) is 5.32 Å².